The van der Waals surface area contributed by atoms with Crippen molar-refractivity contribution in [3.8, 4) is 0 Å². The number of rotatable bonds is 6. The summed E-state index contributed by atoms with van der Waals surface area (Å²) in [5.74, 6) is -0.167. The molecule has 0 fully saturated rings. The van der Waals surface area contributed by atoms with Gasteiger partial charge in [-0.1, -0.05) is 38.5 Å². The molecule has 0 aliphatic carbocycles. The van der Waals surface area contributed by atoms with Crippen molar-refractivity contribution < 1.29 is 9.90 Å². The Morgan fingerprint density at radius 3 is 2.82 bits per heavy atom. The number of aliphatic hydroxyl groups excluding tert-OH is 1. The van der Waals surface area contributed by atoms with E-state index in [4.69, 9.17) is 0 Å². The molecule has 6 heteroatoms. The fourth-order valence-corrected chi connectivity index (χ4v) is 2.28. The molecule has 0 unspecified atom stereocenters. The lowest BCUT2D eigenvalue weighted by Gasteiger charge is -2.22. The molecule has 6 nitrogen and oxygen atoms in total. The molecule has 22 heavy (non-hydrogen) atoms. The zero-order valence-electron chi connectivity index (χ0n) is 12.8. The monoisotopic (exact) mass is 303 g/mol. The van der Waals surface area contributed by atoms with Crippen LogP contribution in [0.4, 0.5) is 0 Å². The Hall–Kier alpha value is -2.21. The van der Waals surface area contributed by atoms with Crippen molar-refractivity contribution in [2.75, 3.05) is 6.61 Å². The quantitative estimate of drug-likeness (QED) is 0.831. The van der Waals surface area contributed by atoms with Crippen LogP contribution in [-0.4, -0.2) is 33.4 Å². The molecule has 2 aromatic rings. The minimum absolute atomic E-state index is 0.124. The van der Waals surface area contributed by atoms with Gasteiger partial charge in [0.15, 0.2) is 0 Å². The predicted octanol–water partition coefficient (Wildman–Crippen LogP) is 0.920. The molecule has 2 N–H and O–H groups in total. The second-order valence-corrected chi connectivity index (χ2v) is 5.44. The van der Waals surface area contributed by atoms with Crippen molar-refractivity contribution in [3.63, 3.8) is 0 Å². The van der Waals surface area contributed by atoms with Crippen molar-refractivity contribution in [1.29, 1.82) is 0 Å². The summed E-state index contributed by atoms with van der Waals surface area (Å²) in [6.45, 7) is 3.67. The normalized spacial score (nSPS) is 13.8. The molecule has 1 aromatic heterocycles. The van der Waals surface area contributed by atoms with E-state index in [0.29, 0.717) is 5.39 Å². The van der Waals surface area contributed by atoms with Gasteiger partial charge in [-0.2, -0.15) is 5.10 Å². The number of carbonyl (C=O) groups is 1. The Labute approximate surface area is 128 Å². The first-order valence-electron chi connectivity index (χ1n) is 7.42. The van der Waals surface area contributed by atoms with Crippen molar-refractivity contribution in [1.82, 2.24) is 15.1 Å². The molecule has 0 saturated carbocycles. The predicted molar refractivity (Wildman–Crippen MR) is 84.5 cm³/mol. The maximum absolute atomic E-state index is 12.3. The first-order chi connectivity index (χ1) is 10.6. The summed E-state index contributed by atoms with van der Waals surface area (Å²) in [6.07, 6.45) is 2.42. The number of nitrogens with one attached hydrogen (secondary N) is 1. The number of nitrogens with zero attached hydrogens (tertiary/aromatic N) is 2. The highest BCUT2D eigenvalue weighted by Crippen LogP contribution is 2.08. The molecule has 0 spiro atoms. The van der Waals surface area contributed by atoms with Gasteiger partial charge in [-0.3, -0.25) is 9.59 Å². The van der Waals surface area contributed by atoms with Gasteiger partial charge in [0.2, 0.25) is 5.91 Å². The van der Waals surface area contributed by atoms with Gasteiger partial charge in [0.25, 0.3) is 5.56 Å². The van der Waals surface area contributed by atoms with E-state index in [1.54, 1.807) is 24.4 Å². The van der Waals surface area contributed by atoms with E-state index >= 15 is 0 Å². The Kier molecular flexibility index (Phi) is 5.27. The minimum atomic E-state index is -0.329. The highest BCUT2D eigenvalue weighted by atomic mass is 16.3. The topological polar surface area (TPSA) is 84.2 Å². The molecular weight excluding hydrogens is 282 g/mol. The zero-order valence-corrected chi connectivity index (χ0v) is 12.8. The fraction of sp³-hybridized carbons (Fsp3) is 0.438. The lowest BCUT2D eigenvalue weighted by molar-refractivity contribution is -0.123. The number of carbonyl (C=O) groups excluding carboxylic acids is 1. The number of amides is 1. The van der Waals surface area contributed by atoms with E-state index in [2.05, 4.69) is 10.4 Å². The highest BCUT2D eigenvalue weighted by molar-refractivity contribution is 5.81. The lowest BCUT2D eigenvalue weighted by atomic mass is 10.00. The van der Waals surface area contributed by atoms with Crippen LogP contribution in [0.3, 0.4) is 0 Å². The number of aromatic nitrogens is 2. The van der Waals surface area contributed by atoms with Crippen molar-refractivity contribution in [2.24, 2.45) is 5.92 Å². The first kappa shape index (κ1) is 16.2. The molecule has 1 aromatic carbocycles. The van der Waals surface area contributed by atoms with Crippen molar-refractivity contribution in [2.45, 2.75) is 32.9 Å². The number of hydrogen-bond donors (Lipinski definition) is 2. The number of fused-ring (bicyclic) bond motifs is 1. The van der Waals surface area contributed by atoms with Gasteiger partial charge in [-0.05, 0) is 12.0 Å². The molecule has 0 aliphatic rings. The summed E-state index contributed by atoms with van der Waals surface area (Å²) in [7, 11) is 0. The van der Waals surface area contributed by atoms with Crippen LogP contribution >= 0.6 is 0 Å². The van der Waals surface area contributed by atoms with Gasteiger partial charge in [0.05, 0.1) is 24.2 Å². The van der Waals surface area contributed by atoms with Crippen LogP contribution in [0.15, 0.2) is 35.3 Å². The Balaban J connectivity index is 2.15. The van der Waals surface area contributed by atoms with Gasteiger partial charge in [0.1, 0.15) is 6.54 Å². The summed E-state index contributed by atoms with van der Waals surface area (Å²) in [5.41, 5.74) is -0.294. The van der Waals surface area contributed by atoms with E-state index < -0.39 is 0 Å². The van der Waals surface area contributed by atoms with Crippen LogP contribution in [-0.2, 0) is 11.3 Å². The van der Waals surface area contributed by atoms with Crippen LogP contribution in [0, 0.1) is 5.92 Å². The summed E-state index contributed by atoms with van der Waals surface area (Å²) < 4.78 is 1.14. The average molecular weight is 303 g/mol. The van der Waals surface area contributed by atoms with E-state index in [0.717, 1.165) is 16.5 Å². The molecular formula is C16H21N3O3. The molecule has 2 atom stereocenters. The second-order valence-electron chi connectivity index (χ2n) is 5.44. The molecule has 0 saturated heterocycles. The third-order valence-electron chi connectivity index (χ3n) is 3.93. The largest absolute Gasteiger partial charge is 0.394 e. The first-order valence-corrected chi connectivity index (χ1v) is 7.42. The lowest BCUT2D eigenvalue weighted by Crippen LogP contribution is -2.44. The summed E-state index contributed by atoms with van der Waals surface area (Å²) in [5, 5.41) is 17.4. The van der Waals surface area contributed by atoms with E-state index in [9.17, 15) is 14.7 Å². The summed E-state index contributed by atoms with van der Waals surface area (Å²) in [6, 6.07) is 6.81. The maximum Gasteiger partial charge on any atom is 0.275 e. The molecule has 1 amide bonds. The maximum atomic E-state index is 12.3. The van der Waals surface area contributed by atoms with Crippen LogP contribution in [0.2, 0.25) is 0 Å². The zero-order chi connectivity index (χ0) is 16.1. The van der Waals surface area contributed by atoms with Crippen molar-refractivity contribution in [3.05, 3.63) is 40.8 Å². The van der Waals surface area contributed by atoms with Crippen LogP contribution in [0.25, 0.3) is 10.8 Å². The van der Waals surface area contributed by atoms with Gasteiger partial charge in [-0.25, -0.2) is 4.68 Å². The number of benzene rings is 1. The third kappa shape index (κ3) is 3.51. The Morgan fingerprint density at radius 2 is 2.14 bits per heavy atom. The fourth-order valence-electron chi connectivity index (χ4n) is 2.28. The van der Waals surface area contributed by atoms with Crippen LogP contribution < -0.4 is 10.9 Å². The molecule has 2 rings (SSSR count). The third-order valence-corrected chi connectivity index (χ3v) is 3.93. The SMILES string of the molecule is CC[C@@H](C)[C@@H](CO)NC(=O)Cn1ncc2ccccc2c1=O. The average Bonchev–Trinajstić information content (AvgIpc) is 2.54. The molecule has 0 aliphatic heterocycles. The van der Waals surface area contributed by atoms with Crippen LogP contribution in [0.5, 0.6) is 0 Å². The van der Waals surface area contributed by atoms with Crippen LogP contribution in [0.1, 0.15) is 20.3 Å². The van der Waals surface area contributed by atoms with Gasteiger partial charge >= 0.3 is 0 Å². The molecule has 118 valence electrons. The molecule has 0 radical (unpaired) electrons. The number of aliphatic hydroxyl groups is 1. The summed E-state index contributed by atoms with van der Waals surface area (Å²) in [4.78, 5) is 24.3. The van der Waals surface area contributed by atoms with Gasteiger partial charge in [-0.15, -0.1) is 0 Å². The second kappa shape index (κ2) is 7.17. The summed E-state index contributed by atoms with van der Waals surface area (Å²) >= 11 is 0. The van der Waals surface area contributed by atoms with Gasteiger partial charge in [0, 0.05) is 5.39 Å². The van der Waals surface area contributed by atoms with E-state index in [-0.39, 0.29) is 36.6 Å². The Bertz CT molecular complexity index is 711. The molecule has 0 bridgehead atoms. The standard InChI is InChI=1S/C16H21N3O3/c1-3-11(2)14(10-20)18-15(21)9-19-16(22)13-7-5-4-6-12(13)8-17-19/h4-8,11,14,20H,3,9-10H2,1-2H3,(H,18,21)/t11-,14-/m1/s1. The number of hydrogen-bond acceptors (Lipinski definition) is 4. The van der Waals surface area contributed by atoms with Gasteiger partial charge < -0.3 is 10.4 Å². The Morgan fingerprint density at radius 1 is 1.41 bits per heavy atom. The smallest absolute Gasteiger partial charge is 0.275 e. The van der Waals surface area contributed by atoms with Crippen molar-refractivity contribution >= 4 is 16.7 Å². The van der Waals surface area contributed by atoms with E-state index in [1.807, 2.05) is 19.9 Å². The minimum Gasteiger partial charge on any atom is -0.394 e. The van der Waals surface area contributed by atoms with E-state index in [1.165, 1.54) is 0 Å². The molecule has 1 heterocycles. The highest BCUT2D eigenvalue weighted by Gasteiger charge is 2.18.